The van der Waals surface area contributed by atoms with Crippen LogP contribution >= 0.6 is 0 Å². The summed E-state index contributed by atoms with van der Waals surface area (Å²) in [6.45, 7) is 5.09. The molecule has 1 aromatic carbocycles. The molecule has 7 nitrogen and oxygen atoms in total. The number of amides is 1. The van der Waals surface area contributed by atoms with Crippen LogP contribution in [-0.4, -0.2) is 33.7 Å². The summed E-state index contributed by atoms with van der Waals surface area (Å²) >= 11 is 0. The first-order valence-electron chi connectivity index (χ1n) is 9.64. The van der Waals surface area contributed by atoms with E-state index in [0.29, 0.717) is 24.9 Å². The van der Waals surface area contributed by atoms with E-state index in [1.807, 2.05) is 12.1 Å². The van der Waals surface area contributed by atoms with Crippen LogP contribution in [-0.2, 0) is 11.3 Å². The lowest BCUT2D eigenvalue weighted by atomic mass is 10.0. The Balaban J connectivity index is 1.44. The Morgan fingerprint density at radius 1 is 1.07 bits per heavy atom. The topological polar surface area (TPSA) is 80.2 Å². The highest BCUT2D eigenvalue weighted by Gasteiger charge is 2.37. The van der Waals surface area contributed by atoms with E-state index in [4.69, 9.17) is 4.74 Å². The second kappa shape index (κ2) is 8.26. The number of ether oxygens (including phenoxy) is 1. The minimum Gasteiger partial charge on any atom is -0.447 e. The van der Waals surface area contributed by atoms with Crippen molar-refractivity contribution in [2.24, 2.45) is 5.92 Å². The van der Waals surface area contributed by atoms with Gasteiger partial charge in [-0.15, -0.1) is 0 Å². The summed E-state index contributed by atoms with van der Waals surface area (Å²) in [5.41, 5.74) is 3.38. The maximum absolute atomic E-state index is 12.1. The van der Waals surface area contributed by atoms with E-state index >= 15 is 0 Å². The largest absolute Gasteiger partial charge is 0.447 e. The van der Waals surface area contributed by atoms with E-state index in [9.17, 15) is 4.79 Å². The number of cyclic esters (lactones) is 1. The highest BCUT2D eigenvalue weighted by molar-refractivity contribution is 5.89. The molecule has 0 radical (unpaired) electrons. The normalized spacial score (nSPS) is 16.2. The van der Waals surface area contributed by atoms with Crippen LogP contribution < -0.4 is 10.2 Å². The number of hydrogen-bond acceptors (Lipinski definition) is 6. The predicted molar refractivity (Wildman–Crippen MR) is 111 cm³/mol. The molecular formula is C22H23N5O2. The molecule has 4 rings (SSSR count). The molecule has 3 heterocycles. The van der Waals surface area contributed by atoms with Crippen LogP contribution in [0.25, 0.3) is 11.1 Å². The van der Waals surface area contributed by atoms with E-state index in [2.05, 4.69) is 58.4 Å². The fourth-order valence-electron chi connectivity index (χ4n) is 3.30. The maximum Gasteiger partial charge on any atom is 0.415 e. The molecule has 0 bridgehead atoms. The molecule has 1 N–H and O–H groups in total. The number of hydrogen-bond donors (Lipinski definition) is 1. The quantitative estimate of drug-likeness (QED) is 0.683. The Hall–Kier alpha value is -3.48. The van der Waals surface area contributed by atoms with Crippen LogP contribution in [0.3, 0.4) is 0 Å². The van der Waals surface area contributed by atoms with E-state index in [-0.39, 0.29) is 18.1 Å². The van der Waals surface area contributed by atoms with Gasteiger partial charge in [-0.25, -0.2) is 9.78 Å². The van der Waals surface area contributed by atoms with Crippen LogP contribution in [0.1, 0.15) is 19.4 Å². The molecule has 0 spiro atoms. The number of carbonyl (C=O) groups excluding carboxylic acids is 1. The Labute approximate surface area is 169 Å². The molecule has 1 aliphatic heterocycles. The fourth-order valence-corrected chi connectivity index (χ4v) is 3.30. The highest BCUT2D eigenvalue weighted by atomic mass is 16.6. The van der Waals surface area contributed by atoms with Crippen molar-refractivity contribution >= 4 is 17.9 Å². The van der Waals surface area contributed by atoms with Gasteiger partial charge in [0.2, 0.25) is 5.95 Å². The maximum atomic E-state index is 12.1. The van der Waals surface area contributed by atoms with Gasteiger partial charge in [-0.05, 0) is 40.8 Å². The van der Waals surface area contributed by atoms with E-state index in [0.717, 1.165) is 16.7 Å². The summed E-state index contributed by atoms with van der Waals surface area (Å²) in [6, 6.07) is 14.0. The number of anilines is 2. The first-order chi connectivity index (χ1) is 14.1. The van der Waals surface area contributed by atoms with E-state index in [1.165, 1.54) is 0 Å². The standard InChI is InChI=1S/C22H23N5O2/c1-15(2)19-14-29-22(28)27(19)20-9-12-24-21(26-20)25-13-16-3-5-17(6-4-16)18-7-10-23-11-8-18/h3-12,15,19H,13-14H2,1-2H3,(H,24,25,26)/t19-/m1/s1. The van der Waals surface area contributed by atoms with Crippen molar-refractivity contribution in [2.45, 2.75) is 26.4 Å². The minimum atomic E-state index is -0.361. The Morgan fingerprint density at radius 2 is 1.79 bits per heavy atom. The molecule has 148 valence electrons. The average Bonchev–Trinajstić information content (AvgIpc) is 3.15. The molecule has 1 atom stereocenters. The van der Waals surface area contributed by atoms with Crippen molar-refractivity contribution in [1.82, 2.24) is 15.0 Å². The number of aromatic nitrogens is 3. The fraction of sp³-hybridized carbons (Fsp3) is 0.273. The van der Waals surface area contributed by atoms with E-state index in [1.54, 1.807) is 29.6 Å². The predicted octanol–water partition coefficient (Wildman–Crippen LogP) is 4.13. The van der Waals surface area contributed by atoms with Crippen molar-refractivity contribution in [1.29, 1.82) is 0 Å². The number of nitrogens with zero attached hydrogens (tertiary/aromatic N) is 4. The van der Waals surface area contributed by atoms with Crippen molar-refractivity contribution in [3.63, 3.8) is 0 Å². The van der Waals surface area contributed by atoms with Gasteiger partial charge in [0, 0.05) is 25.1 Å². The number of nitrogens with one attached hydrogen (secondary N) is 1. The van der Waals surface area contributed by atoms with Crippen molar-refractivity contribution in [3.8, 4) is 11.1 Å². The van der Waals surface area contributed by atoms with Gasteiger partial charge in [-0.2, -0.15) is 4.98 Å². The van der Waals surface area contributed by atoms with Gasteiger partial charge >= 0.3 is 6.09 Å². The molecule has 1 fully saturated rings. The van der Waals surface area contributed by atoms with Crippen LogP contribution in [0.5, 0.6) is 0 Å². The zero-order valence-corrected chi connectivity index (χ0v) is 16.4. The molecule has 0 aliphatic carbocycles. The highest BCUT2D eigenvalue weighted by Crippen LogP contribution is 2.26. The first kappa shape index (κ1) is 18.9. The second-order valence-electron chi connectivity index (χ2n) is 7.28. The minimum absolute atomic E-state index is 0.0222. The first-order valence-corrected chi connectivity index (χ1v) is 9.64. The van der Waals surface area contributed by atoms with Crippen molar-refractivity contribution < 1.29 is 9.53 Å². The third-order valence-electron chi connectivity index (χ3n) is 4.98. The molecule has 1 amide bonds. The number of carbonyl (C=O) groups is 1. The molecule has 0 saturated carbocycles. The lowest BCUT2D eigenvalue weighted by Gasteiger charge is -2.23. The molecule has 29 heavy (non-hydrogen) atoms. The van der Waals surface area contributed by atoms with Crippen molar-refractivity contribution in [2.75, 3.05) is 16.8 Å². The molecular weight excluding hydrogens is 366 g/mol. The number of rotatable bonds is 6. The van der Waals surface area contributed by atoms with Crippen LogP contribution in [0, 0.1) is 5.92 Å². The molecule has 1 saturated heterocycles. The summed E-state index contributed by atoms with van der Waals surface area (Å²) in [5.74, 6) is 1.30. The monoisotopic (exact) mass is 389 g/mol. The van der Waals surface area contributed by atoms with E-state index < -0.39 is 0 Å². The Morgan fingerprint density at radius 3 is 2.52 bits per heavy atom. The summed E-state index contributed by atoms with van der Waals surface area (Å²) in [4.78, 5) is 26.6. The zero-order chi connectivity index (χ0) is 20.2. The molecule has 2 aromatic heterocycles. The van der Waals surface area contributed by atoms with Crippen LogP contribution in [0.4, 0.5) is 16.6 Å². The summed E-state index contributed by atoms with van der Waals surface area (Å²) < 4.78 is 5.21. The smallest absolute Gasteiger partial charge is 0.415 e. The SMILES string of the molecule is CC(C)[C@H]1COC(=O)N1c1ccnc(NCc2ccc(-c3ccncc3)cc2)n1. The van der Waals surface area contributed by atoms with Gasteiger partial charge in [0.1, 0.15) is 12.4 Å². The summed E-state index contributed by atoms with van der Waals surface area (Å²) in [7, 11) is 0. The van der Waals surface area contributed by atoms with Crippen LogP contribution in [0.15, 0.2) is 61.1 Å². The lowest BCUT2D eigenvalue weighted by molar-refractivity contribution is 0.177. The third-order valence-corrected chi connectivity index (χ3v) is 4.98. The van der Waals surface area contributed by atoms with Crippen LogP contribution in [0.2, 0.25) is 0 Å². The van der Waals surface area contributed by atoms with Gasteiger partial charge in [-0.3, -0.25) is 9.88 Å². The summed E-state index contributed by atoms with van der Waals surface area (Å²) in [5, 5.41) is 3.23. The second-order valence-corrected chi connectivity index (χ2v) is 7.28. The van der Waals surface area contributed by atoms with Crippen molar-refractivity contribution in [3.05, 3.63) is 66.6 Å². The van der Waals surface area contributed by atoms with Gasteiger partial charge < -0.3 is 10.1 Å². The number of pyridine rings is 1. The zero-order valence-electron chi connectivity index (χ0n) is 16.4. The molecule has 3 aromatic rings. The number of benzene rings is 1. The third kappa shape index (κ3) is 4.18. The van der Waals surface area contributed by atoms with Gasteiger partial charge in [-0.1, -0.05) is 38.1 Å². The molecule has 7 heteroatoms. The van der Waals surface area contributed by atoms with Gasteiger partial charge in [0.05, 0.1) is 6.04 Å². The Kier molecular flexibility index (Phi) is 5.37. The van der Waals surface area contributed by atoms with Gasteiger partial charge in [0.15, 0.2) is 0 Å². The molecule has 0 unspecified atom stereocenters. The Bertz CT molecular complexity index is 976. The average molecular weight is 389 g/mol. The lowest BCUT2D eigenvalue weighted by Crippen LogP contribution is -2.37. The van der Waals surface area contributed by atoms with Gasteiger partial charge in [0.25, 0.3) is 0 Å². The summed E-state index contributed by atoms with van der Waals surface area (Å²) in [6.07, 6.45) is 4.87. The molecule has 1 aliphatic rings.